The van der Waals surface area contributed by atoms with Crippen molar-refractivity contribution in [2.75, 3.05) is 0 Å². The van der Waals surface area contributed by atoms with E-state index in [1.165, 1.54) is 42.6 Å². The number of pyridine rings is 2. The highest BCUT2D eigenvalue weighted by Gasteiger charge is 2.19. The molecule has 2 heterocycles. The fourth-order valence-electron chi connectivity index (χ4n) is 2.43. The minimum absolute atomic E-state index is 0.0489. The molecule has 0 bridgehead atoms. The van der Waals surface area contributed by atoms with E-state index in [1.54, 1.807) is 0 Å². The number of aromatic nitrogens is 2. The van der Waals surface area contributed by atoms with Crippen LogP contribution in [-0.4, -0.2) is 38.4 Å². The number of fused-ring (bicyclic) bond motifs is 1. The molecule has 3 rings (SSSR count). The van der Waals surface area contributed by atoms with Gasteiger partial charge in [-0.3, -0.25) is 9.78 Å². The number of carbonyl (C=O) groups is 3. The number of benzene rings is 1. The minimum Gasteiger partial charge on any atom is -0.478 e. The molecular weight excluding hydrogens is 312 g/mol. The summed E-state index contributed by atoms with van der Waals surface area (Å²) in [5.41, 5.74) is 0.835. The van der Waals surface area contributed by atoms with E-state index in [0.717, 1.165) is 0 Å². The number of carboxylic acids is 2. The van der Waals surface area contributed by atoms with E-state index in [1.807, 2.05) is 0 Å². The molecule has 2 N–H and O–H groups in total. The van der Waals surface area contributed by atoms with Crippen LogP contribution in [0.3, 0.4) is 0 Å². The lowest BCUT2D eigenvalue weighted by Gasteiger charge is -2.09. The fraction of sp³-hybridized carbons (Fsp3) is 0. The Morgan fingerprint density at radius 2 is 1.71 bits per heavy atom. The topological polar surface area (TPSA) is 117 Å². The lowest BCUT2D eigenvalue weighted by atomic mass is 10.0. The van der Waals surface area contributed by atoms with Crippen LogP contribution in [0.5, 0.6) is 0 Å². The Morgan fingerprint density at radius 1 is 0.958 bits per heavy atom. The van der Waals surface area contributed by atoms with Crippen molar-refractivity contribution in [1.82, 2.24) is 9.97 Å². The standard InChI is InChI=1S/C17H10N2O5/c20-8-9-4-5-18-13(6-9)14-7-11(17(23)24)15-10(16(21)22)2-1-3-12(15)19-14/h1-8H,(H,21,22)(H,23,24). The summed E-state index contributed by atoms with van der Waals surface area (Å²) in [5.74, 6) is -2.51. The van der Waals surface area contributed by atoms with Crippen LogP contribution in [0.15, 0.2) is 42.6 Å². The number of aromatic carboxylic acids is 2. The number of hydrogen-bond acceptors (Lipinski definition) is 5. The molecule has 7 heteroatoms. The third-order valence-corrected chi connectivity index (χ3v) is 3.48. The quantitative estimate of drug-likeness (QED) is 0.708. The van der Waals surface area contributed by atoms with Gasteiger partial charge in [-0.15, -0.1) is 0 Å². The zero-order valence-corrected chi connectivity index (χ0v) is 12.1. The summed E-state index contributed by atoms with van der Waals surface area (Å²) in [5, 5.41) is 18.8. The van der Waals surface area contributed by atoms with E-state index >= 15 is 0 Å². The molecule has 0 aliphatic carbocycles. The molecule has 118 valence electrons. The Morgan fingerprint density at radius 3 is 2.38 bits per heavy atom. The first-order chi connectivity index (χ1) is 11.5. The van der Waals surface area contributed by atoms with Crippen molar-refractivity contribution >= 4 is 29.1 Å². The van der Waals surface area contributed by atoms with Crippen LogP contribution >= 0.6 is 0 Å². The summed E-state index contributed by atoms with van der Waals surface area (Å²) < 4.78 is 0. The lowest BCUT2D eigenvalue weighted by molar-refractivity contribution is 0.0695. The molecule has 0 aliphatic heterocycles. The summed E-state index contributed by atoms with van der Waals surface area (Å²) in [6, 6.07) is 8.59. The van der Waals surface area contributed by atoms with Gasteiger partial charge in [0, 0.05) is 17.1 Å². The maximum Gasteiger partial charge on any atom is 0.336 e. The van der Waals surface area contributed by atoms with E-state index in [4.69, 9.17) is 0 Å². The molecule has 0 spiro atoms. The largest absolute Gasteiger partial charge is 0.478 e. The highest BCUT2D eigenvalue weighted by molar-refractivity contribution is 6.12. The van der Waals surface area contributed by atoms with Crippen molar-refractivity contribution in [2.45, 2.75) is 0 Å². The van der Waals surface area contributed by atoms with Crippen LogP contribution < -0.4 is 0 Å². The predicted octanol–water partition coefficient (Wildman–Crippen LogP) is 2.51. The van der Waals surface area contributed by atoms with Gasteiger partial charge in [0.05, 0.1) is 28.0 Å². The van der Waals surface area contributed by atoms with E-state index in [-0.39, 0.29) is 27.7 Å². The Balaban J connectivity index is 2.35. The molecule has 0 aliphatic rings. The SMILES string of the molecule is O=Cc1ccnc(-c2cc(C(=O)O)c3c(C(=O)O)cccc3n2)c1. The number of rotatable bonds is 4. The second-order valence-electron chi connectivity index (χ2n) is 4.96. The summed E-state index contributed by atoms with van der Waals surface area (Å²) in [6.45, 7) is 0. The van der Waals surface area contributed by atoms with Crippen LogP contribution in [0.2, 0.25) is 0 Å². The van der Waals surface area contributed by atoms with E-state index in [0.29, 0.717) is 17.5 Å². The van der Waals surface area contributed by atoms with Crippen LogP contribution in [0.4, 0.5) is 0 Å². The molecule has 24 heavy (non-hydrogen) atoms. The number of carboxylic acid groups (broad SMARTS) is 2. The Bertz CT molecular complexity index is 997. The Labute approximate surface area is 135 Å². The fourth-order valence-corrected chi connectivity index (χ4v) is 2.43. The number of hydrogen-bond donors (Lipinski definition) is 2. The Hall–Kier alpha value is -3.61. The van der Waals surface area contributed by atoms with Crippen molar-refractivity contribution < 1.29 is 24.6 Å². The molecule has 0 saturated carbocycles. The molecular formula is C17H10N2O5. The number of aldehydes is 1. The van der Waals surface area contributed by atoms with Gasteiger partial charge in [-0.2, -0.15) is 0 Å². The molecule has 0 fully saturated rings. The molecule has 1 aromatic carbocycles. The summed E-state index contributed by atoms with van der Waals surface area (Å²) >= 11 is 0. The van der Waals surface area contributed by atoms with E-state index in [2.05, 4.69) is 9.97 Å². The third kappa shape index (κ3) is 2.58. The van der Waals surface area contributed by atoms with Crippen LogP contribution in [0, 0.1) is 0 Å². The van der Waals surface area contributed by atoms with Gasteiger partial charge in [-0.25, -0.2) is 14.6 Å². The highest BCUT2D eigenvalue weighted by atomic mass is 16.4. The molecule has 7 nitrogen and oxygen atoms in total. The number of nitrogens with zero attached hydrogens (tertiary/aromatic N) is 2. The van der Waals surface area contributed by atoms with E-state index < -0.39 is 11.9 Å². The minimum atomic E-state index is -1.27. The zero-order valence-electron chi connectivity index (χ0n) is 12.1. The first-order valence-corrected chi connectivity index (χ1v) is 6.83. The average Bonchev–Trinajstić information content (AvgIpc) is 2.59. The van der Waals surface area contributed by atoms with Crippen LogP contribution in [0.1, 0.15) is 31.1 Å². The van der Waals surface area contributed by atoms with Crippen molar-refractivity contribution in [3.8, 4) is 11.4 Å². The summed E-state index contributed by atoms with van der Waals surface area (Å²) in [6.07, 6.45) is 2.06. The maximum atomic E-state index is 11.6. The van der Waals surface area contributed by atoms with Gasteiger partial charge < -0.3 is 10.2 Å². The average molecular weight is 322 g/mol. The second kappa shape index (κ2) is 5.88. The van der Waals surface area contributed by atoms with Crippen molar-refractivity contribution in [2.24, 2.45) is 0 Å². The summed E-state index contributed by atoms with van der Waals surface area (Å²) in [4.78, 5) is 42.2. The molecule has 0 saturated heterocycles. The van der Waals surface area contributed by atoms with Gasteiger partial charge in [0.1, 0.15) is 6.29 Å². The summed E-state index contributed by atoms with van der Waals surface area (Å²) in [7, 11) is 0. The van der Waals surface area contributed by atoms with Crippen molar-refractivity contribution in [3.63, 3.8) is 0 Å². The molecule has 0 unspecified atom stereocenters. The first kappa shape index (κ1) is 15.3. The highest BCUT2D eigenvalue weighted by Crippen LogP contribution is 2.27. The zero-order chi connectivity index (χ0) is 17.3. The molecule has 0 radical (unpaired) electrons. The molecule has 3 aromatic rings. The van der Waals surface area contributed by atoms with E-state index in [9.17, 15) is 24.6 Å². The second-order valence-corrected chi connectivity index (χ2v) is 4.96. The lowest BCUT2D eigenvalue weighted by Crippen LogP contribution is -2.06. The normalized spacial score (nSPS) is 10.5. The molecule has 0 amide bonds. The van der Waals surface area contributed by atoms with Gasteiger partial charge in [-0.05, 0) is 30.3 Å². The van der Waals surface area contributed by atoms with Gasteiger partial charge in [0.2, 0.25) is 0 Å². The van der Waals surface area contributed by atoms with Gasteiger partial charge >= 0.3 is 11.9 Å². The third-order valence-electron chi connectivity index (χ3n) is 3.48. The van der Waals surface area contributed by atoms with Crippen molar-refractivity contribution in [3.05, 3.63) is 59.3 Å². The van der Waals surface area contributed by atoms with Gasteiger partial charge in [0.15, 0.2) is 0 Å². The first-order valence-electron chi connectivity index (χ1n) is 6.83. The van der Waals surface area contributed by atoms with Crippen molar-refractivity contribution in [1.29, 1.82) is 0 Å². The molecule has 2 aromatic heterocycles. The predicted molar refractivity (Wildman–Crippen MR) is 84.3 cm³/mol. The monoisotopic (exact) mass is 322 g/mol. The van der Waals surface area contributed by atoms with Gasteiger partial charge in [-0.1, -0.05) is 6.07 Å². The van der Waals surface area contributed by atoms with Crippen LogP contribution in [-0.2, 0) is 0 Å². The smallest absolute Gasteiger partial charge is 0.336 e. The maximum absolute atomic E-state index is 11.6. The van der Waals surface area contributed by atoms with Gasteiger partial charge in [0.25, 0.3) is 0 Å². The molecule has 0 atom stereocenters. The Kier molecular flexibility index (Phi) is 3.75. The van der Waals surface area contributed by atoms with Crippen LogP contribution in [0.25, 0.3) is 22.3 Å². The number of carbonyl (C=O) groups excluding carboxylic acids is 1.